The second kappa shape index (κ2) is 12.9. The van der Waals surface area contributed by atoms with E-state index in [-0.39, 0.29) is 18.1 Å². The van der Waals surface area contributed by atoms with Gasteiger partial charge in [-0.05, 0) is 61.3 Å². The smallest absolute Gasteiger partial charge is 0.348 e. The summed E-state index contributed by atoms with van der Waals surface area (Å²) in [6, 6.07) is 11.2. The van der Waals surface area contributed by atoms with Crippen LogP contribution in [0.25, 0.3) is 0 Å². The van der Waals surface area contributed by atoms with E-state index in [1.54, 1.807) is 4.90 Å². The van der Waals surface area contributed by atoms with Gasteiger partial charge >= 0.3 is 6.18 Å². The van der Waals surface area contributed by atoms with Gasteiger partial charge < -0.3 is 10.2 Å². The lowest BCUT2D eigenvalue weighted by molar-refractivity contribution is -0.141. The van der Waals surface area contributed by atoms with Crippen molar-refractivity contribution < 1.29 is 26.7 Å². The number of nitrogens with zero attached hydrogens (tertiary/aromatic N) is 5. The van der Waals surface area contributed by atoms with E-state index in [1.807, 2.05) is 24.3 Å². The van der Waals surface area contributed by atoms with E-state index in [1.165, 1.54) is 11.6 Å². The van der Waals surface area contributed by atoms with E-state index < -0.39 is 35.0 Å². The second-order valence-electron chi connectivity index (χ2n) is 10.5. The number of aromatic nitrogens is 2. The molecule has 2 saturated heterocycles. The Labute approximate surface area is 245 Å². The van der Waals surface area contributed by atoms with Gasteiger partial charge in [0, 0.05) is 56.5 Å². The molecule has 224 valence electrons. The van der Waals surface area contributed by atoms with Crippen molar-refractivity contribution in [3.63, 3.8) is 0 Å². The zero-order valence-electron chi connectivity index (χ0n) is 22.7. The number of nitrogens with one attached hydrogen (secondary N) is 1. The molecule has 2 aliphatic rings. The average Bonchev–Trinajstić information content (AvgIpc) is 2.98. The number of hydrogen-bond acceptors (Lipinski definition) is 6. The van der Waals surface area contributed by atoms with Crippen LogP contribution in [0, 0.1) is 11.6 Å². The standard InChI is InChI=1S/C29H30ClF5N6O/c30-21-4-1-19(2-5-21)18-39-9-7-22(8-10-39)40-11-13-41(14-12-40)28-37-17-23(26(38-28)29(33,34)35)27(42)36-16-20-3-6-24(31)25(32)15-20/h1-6,15,17,22H,7-14,16,18H2,(H,36,42). The lowest BCUT2D eigenvalue weighted by Gasteiger charge is -2.42. The number of benzene rings is 2. The number of carbonyl (C=O) groups is 1. The summed E-state index contributed by atoms with van der Waals surface area (Å²) in [5, 5.41) is 3.02. The molecule has 1 amide bonds. The van der Waals surface area contributed by atoms with Gasteiger partial charge in [0.1, 0.15) is 0 Å². The number of anilines is 1. The summed E-state index contributed by atoms with van der Waals surface area (Å²) in [4.78, 5) is 26.9. The summed E-state index contributed by atoms with van der Waals surface area (Å²) >= 11 is 5.98. The molecule has 0 saturated carbocycles. The molecule has 3 heterocycles. The molecule has 2 aromatic carbocycles. The highest BCUT2D eigenvalue weighted by molar-refractivity contribution is 6.30. The molecule has 0 radical (unpaired) electrons. The highest BCUT2D eigenvalue weighted by Gasteiger charge is 2.39. The van der Waals surface area contributed by atoms with Crippen molar-refractivity contribution in [1.29, 1.82) is 0 Å². The molecule has 1 aromatic heterocycles. The number of piperidine rings is 1. The van der Waals surface area contributed by atoms with Gasteiger partial charge in [0.05, 0.1) is 5.56 Å². The third-order valence-electron chi connectivity index (χ3n) is 7.72. The summed E-state index contributed by atoms with van der Waals surface area (Å²) in [5.41, 5.74) is -0.668. The van der Waals surface area contributed by atoms with E-state index in [4.69, 9.17) is 11.6 Å². The summed E-state index contributed by atoms with van der Waals surface area (Å²) < 4.78 is 68.3. The lowest BCUT2D eigenvalue weighted by Crippen LogP contribution is -2.53. The fourth-order valence-electron chi connectivity index (χ4n) is 5.41. The van der Waals surface area contributed by atoms with Crippen LogP contribution in [0.15, 0.2) is 48.7 Å². The first-order chi connectivity index (χ1) is 20.1. The van der Waals surface area contributed by atoms with Crippen LogP contribution >= 0.6 is 11.6 Å². The number of amides is 1. The van der Waals surface area contributed by atoms with Crippen LogP contribution in [0.1, 0.15) is 40.0 Å². The normalized spacial score (nSPS) is 17.4. The van der Waals surface area contributed by atoms with E-state index in [0.29, 0.717) is 32.2 Å². The number of rotatable bonds is 7. The first-order valence-corrected chi connectivity index (χ1v) is 14.1. The third-order valence-corrected chi connectivity index (χ3v) is 7.97. The first-order valence-electron chi connectivity index (χ1n) is 13.7. The maximum absolute atomic E-state index is 13.9. The Balaban J connectivity index is 1.16. The Morgan fingerprint density at radius 1 is 0.929 bits per heavy atom. The summed E-state index contributed by atoms with van der Waals surface area (Å²) in [6.45, 7) is 4.77. The topological polar surface area (TPSA) is 64.6 Å². The van der Waals surface area contributed by atoms with Crippen LogP contribution in [0.4, 0.5) is 27.9 Å². The molecule has 13 heteroatoms. The van der Waals surface area contributed by atoms with E-state index in [0.717, 1.165) is 55.8 Å². The van der Waals surface area contributed by atoms with Crippen molar-refractivity contribution in [3.8, 4) is 0 Å². The van der Waals surface area contributed by atoms with Crippen molar-refractivity contribution in [3.05, 3.63) is 87.7 Å². The predicted molar refractivity (Wildman–Crippen MR) is 148 cm³/mol. The Bertz CT molecular complexity index is 1390. The first kappa shape index (κ1) is 30.1. The highest BCUT2D eigenvalue weighted by Crippen LogP contribution is 2.32. The van der Waals surface area contributed by atoms with E-state index in [2.05, 4.69) is 25.1 Å². The van der Waals surface area contributed by atoms with Crippen LogP contribution in [0.5, 0.6) is 0 Å². The van der Waals surface area contributed by atoms with Crippen molar-refractivity contribution in [1.82, 2.24) is 25.1 Å². The Kier molecular flexibility index (Phi) is 9.24. The summed E-state index contributed by atoms with van der Waals surface area (Å²) in [5.74, 6) is -3.34. The number of alkyl halides is 3. The number of halogens is 6. The van der Waals surface area contributed by atoms with Gasteiger partial charge in [0.2, 0.25) is 5.95 Å². The van der Waals surface area contributed by atoms with Crippen molar-refractivity contribution in [2.24, 2.45) is 0 Å². The van der Waals surface area contributed by atoms with Gasteiger partial charge in [-0.2, -0.15) is 13.2 Å². The van der Waals surface area contributed by atoms with Crippen LogP contribution in [0.3, 0.4) is 0 Å². The van der Waals surface area contributed by atoms with Crippen LogP contribution < -0.4 is 10.2 Å². The molecular formula is C29H30ClF5N6O. The minimum atomic E-state index is -4.89. The molecule has 42 heavy (non-hydrogen) atoms. The zero-order valence-corrected chi connectivity index (χ0v) is 23.4. The molecular weight excluding hydrogens is 579 g/mol. The minimum absolute atomic E-state index is 0.0862. The number of carbonyl (C=O) groups excluding carboxylic acids is 1. The number of hydrogen-bond donors (Lipinski definition) is 1. The van der Waals surface area contributed by atoms with Crippen molar-refractivity contribution >= 4 is 23.5 Å². The van der Waals surface area contributed by atoms with Gasteiger partial charge in [-0.1, -0.05) is 29.8 Å². The Morgan fingerprint density at radius 3 is 2.24 bits per heavy atom. The zero-order chi connectivity index (χ0) is 29.9. The molecule has 3 aromatic rings. The maximum atomic E-state index is 13.9. The number of likely N-dealkylation sites (tertiary alicyclic amines) is 1. The fraction of sp³-hybridized carbons (Fsp3) is 0.414. The summed E-state index contributed by atoms with van der Waals surface area (Å²) in [6.07, 6.45) is -2.00. The molecule has 0 atom stereocenters. The average molecular weight is 609 g/mol. The molecule has 5 rings (SSSR count). The maximum Gasteiger partial charge on any atom is 0.434 e. The van der Waals surface area contributed by atoms with Gasteiger partial charge in [-0.3, -0.25) is 14.6 Å². The Hall–Kier alpha value is -3.35. The predicted octanol–water partition coefficient (Wildman–Crippen LogP) is 5.14. The van der Waals surface area contributed by atoms with Crippen molar-refractivity contribution in [2.75, 3.05) is 44.2 Å². The molecule has 0 spiro atoms. The molecule has 0 bridgehead atoms. The Morgan fingerprint density at radius 2 is 1.60 bits per heavy atom. The van der Waals surface area contributed by atoms with Crippen LogP contribution in [-0.4, -0.2) is 71.0 Å². The van der Waals surface area contributed by atoms with E-state index >= 15 is 0 Å². The molecule has 7 nitrogen and oxygen atoms in total. The molecule has 0 aliphatic carbocycles. The quantitative estimate of drug-likeness (QED) is 0.375. The van der Waals surface area contributed by atoms with Crippen LogP contribution in [-0.2, 0) is 19.3 Å². The number of piperazine rings is 1. The van der Waals surface area contributed by atoms with Gasteiger partial charge in [-0.25, -0.2) is 18.7 Å². The van der Waals surface area contributed by atoms with Gasteiger partial charge in [-0.15, -0.1) is 0 Å². The molecule has 1 N–H and O–H groups in total. The monoisotopic (exact) mass is 608 g/mol. The molecule has 0 unspecified atom stereocenters. The lowest BCUT2D eigenvalue weighted by atomic mass is 10.0. The van der Waals surface area contributed by atoms with Crippen molar-refractivity contribution in [2.45, 2.75) is 38.1 Å². The fourth-order valence-corrected chi connectivity index (χ4v) is 5.54. The SMILES string of the molecule is O=C(NCc1ccc(F)c(F)c1)c1cnc(N2CCN(C3CCN(Cc4ccc(Cl)cc4)CC3)CC2)nc1C(F)(F)F. The summed E-state index contributed by atoms with van der Waals surface area (Å²) in [7, 11) is 0. The van der Waals surface area contributed by atoms with Gasteiger partial charge in [0.15, 0.2) is 17.3 Å². The largest absolute Gasteiger partial charge is 0.434 e. The van der Waals surface area contributed by atoms with Crippen LogP contribution in [0.2, 0.25) is 5.02 Å². The highest BCUT2D eigenvalue weighted by atomic mass is 35.5. The minimum Gasteiger partial charge on any atom is -0.348 e. The second-order valence-corrected chi connectivity index (χ2v) is 11.0. The molecule has 2 aliphatic heterocycles. The third kappa shape index (κ3) is 7.34. The van der Waals surface area contributed by atoms with Gasteiger partial charge in [0.25, 0.3) is 5.91 Å². The van der Waals surface area contributed by atoms with E-state index in [9.17, 15) is 26.7 Å². The molecule has 2 fully saturated rings.